The molecule has 0 amide bonds. The van der Waals surface area contributed by atoms with Crippen molar-refractivity contribution in [2.45, 2.75) is 0 Å². The molecular weight excluding hydrogens is 609 g/mol. The molecule has 0 fully saturated rings. The van der Waals surface area contributed by atoms with E-state index in [1.807, 2.05) is 12.1 Å². The van der Waals surface area contributed by atoms with E-state index in [9.17, 15) is 0 Å². The van der Waals surface area contributed by atoms with Gasteiger partial charge in [-0.05, 0) is 47.5 Å². The molecule has 0 bridgehead atoms. The number of nitrogens with zero attached hydrogens (tertiary/aromatic N) is 4. The van der Waals surface area contributed by atoms with Gasteiger partial charge in [0.25, 0.3) is 0 Å². The van der Waals surface area contributed by atoms with Crippen molar-refractivity contribution in [3.63, 3.8) is 0 Å². The van der Waals surface area contributed by atoms with Crippen molar-refractivity contribution >= 4 is 43.6 Å². The minimum atomic E-state index is 0.638. The lowest BCUT2D eigenvalue weighted by atomic mass is 9.99. The van der Waals surface area contributed by atoms with Crippen LogP contribution in [-0.2, 0) is 0 Å². The number of aromatic nitrogens is 4. The molecule has 7 aromatic carbocycles. The van der Waals surface area contributed by atoms with E-state index in [1.165, 1.54) is 27.3 Å². The maximum Gasteiger partial charge on any atom is 0.235 e. The normalized spacial score (nSPS) is 11.6. The Morgan fingerprint density at radius 2 is 0.900 bits per heavy atom. The van der Waals surface area contributed by atoms with E-state index < -0.39 is 0 Å². The van der Waals surface area contributed by atoms with E-state index in [1.54, 1.807) is 0 Å². The lowest BCUT2D eigenvalue weighted by molar-refractivity contribution is 0.998. The first-order valence-electron chi connectivity index (χ1n) is 16.9. The number of hydrogen-bond donors (Lipinski definition) is 0. The minimum absolute atomic E-state index is 0.638. The van der Waals surface area contributed by atoms with Crippen LogP contribution in [0.25, 0.3) is 88.9 Å². The van der Waals surface area contributed by atoms with Crippen molar-refractivity contribution in [3.05, 3.63) is 182 Å². The highest BCUT2D eigenvalue weighted by atomic mass is 15.2. The maximum absolute atomic E-state index is 5.37. The predicted molar refractivity (Wildman–Crippen MR) is 207 cm³/mol. The molecule has 0 atom stereocenters. The maximum atomic E-state index is 5.37. The Morgan fingerprint density at radius 3 is 1.56 bits per heavy atom. The summed E-state index contributed by atoms with van der Waals surface area (Å²) in [5.74, 6) is 0.638. The SMILES string of the molecule is c1ccc(-c2cc(-c3ccccc3)nc(-n3c4cccc(-c5ccccc5)c4c4ccc5c(c6ccccc6n5-c5ccccc5)c43)n2)cc1. The molecule has 0 radical (unpaired) electrons. The molecule has 4 heteroatoms. The first kappa shape index (κ1) is 28.3. The fourth-order valence-electron chi connectivity index (χ4n) is 7.58. The average molecular weight is 639 g/mol. The number of fused-ring (bicyclic) bond motifs is 7. The van der Waals surface area contributed by atoms with Crippen LogP contribution in [0.15, 0.2) is 182 Å². The first-order valence-corrected chi connectivity index (χ1v) is 16.9. The molecule has 0 N–H and O–H groups in total. The number of rotatable bonds is 5. The molecule has 0 aliphatic rings. The minimum Gasteiger partial charge on any atom is -0.309 e. The van der Waals surface area contributed by atoms with Crippen LogP contribution in [-0.4, -0.2) is 19.1 Å². The zero-order chi connectivity index (χ0) is 33.0. The lowest BCUT2D eigenvalue weighted by Crippen LogP contribution is -2.04. The van der Waals surface area contributed by atoms with Gasteiger partial charge in [0.2, 0.25) is 5.95 Å². The third-order valence-electron chi connectivity index (χ3n) is 9.74. The van der Waals surface area contributed by atoms with Crippen LogP contribution in [0.2, 0.25) is 0 Å². The molecule has 0 aliphatic carbocycles. The van der Waals surface area contributed by atoms with Crippen molar-refractivity contribution in [1.82, 2.24) is 19.1 Å². The van der Waals surface area contributed by atoms with E-state index in [0.29, 0.717) is 5.95 Å². The van der Waals surface area contributed by atoms with Gasteiger partial charge < -0.3 is 4.57 Å². The molecule has 0 aliphatic heterocycles. The van der Waals surface area contributed by atoms with E-state index >= 15 is 0 Å². The summed E-state index contributed by atoms with van der Waals surface area (Å²) in [6.07, 6.45) is 0. The number of para-hydroxylation sites is 2. The largest absolute Gasteiger partial charge is 0.309 e. The van der Waals surface area contributed by atoms with Gasteiger partial charge in [-0.2, -0.15) is 0 Å². The van der Waals surface area contributed by atoms with Gasteiger partial charge in [-0.3, -0.25) is 4.57 Å². The second kappa shape index (κ2) is 11.4. The van der Waals surface area contributed by atoms with E-state index in [-0.39, 0.29) is 0 Å². The zero-order valence-electron chi connectivity index (χ0n) is 27.1. The van der Waals surface area contributed by atoms with Crippen molar-refractivity contribution < 1.29 is 0 Å². The van der Waals surface area contributed by atoms with E-state index in [0.717, 1.165) is 55.7 Å². The molecular formula is C46H30N4. The van der Waals surface area contributed by atoms with Crippen LogP contribution in [0.5, 0.6) is 0 Å². The Hall–Kier alpha value is -6.78. The third kappa shape index (κ3) is 4.39. The standard InChI is InChI=1S/C46H30N4/c1-5-16-31(17-6-1)35-25-15-27-41-43(35)37-28-29-42-44(36-24-13-14-26-40(36)49(42)34-22-11-4-12-23-34)45(37)50(41)46-47-38(32-18-7-2-8-19-32)30-39(48-46)33-20-9-3-10-21-33/h1-30H. The van der Waals surface area contributed by atoms with Crippen LogP contribution >= 0.6 is 0 Å². The fourth-order valence-corrected chi connectivity index (χ4v) is 7.58. The van der Waals surface area contributed by atoms with Crippen molar-refractivity contribution in [2.24, 2.45) is 0 Å². The summed E-state index contributed by atoms with van der Waals surface area (Å²) < 4.78 is 4.68. The molecule has 4 nitrogen and oxygen atoms in total. The zero-order valence-corrected chi connectivity index (χ0v) is 27.1. The predicted octanol–water partition coefficient (Wildman–Crippen LogP) is 11.7. The van der Waals surface area contributed by atoms with Crippen LogP contribution < -0.4 is 0 Å². The van der Waals surface area contributed by atoms with Gasteiger partial charge >= 0.3 is 0 Å². The van der Waals surface area contributed by atoms with Crippen molar-refractivity contribution in [3.8, 4) is 45.3 Å². The van der Waals surface area contributed by atoms with Crippen LogP contribution in [0.4, 0.5) is 0 Å². The highest BCUT2D eigenvalue weighted by molar-refractivity contribution is 6.28. The second-order valence-corrected chi connectivity index (χ2v) is 12.6. The molecule has 0 saturated heterocycles. The molecule has 3 heterocycles. The van der Waals surface area contributed by atoms with Gasteiger partial charge in [0, 0.05) is 38.4 Å². The quantitative estimate of drug-likeness (QED) is 0.188. The van der Waals surface area contributed by atoms with Gasteiger partial charge in [-0.1, -0.05) is 146 Å². The highest BCUT2D eigenvalue weighted by Crippen LogP contribution is 2.44. The van der Waals surface area contributed by atoms with Crippen LogP contribution in [0.3, 0.4) is 0 Å². The fraction of sp³-hybridized carbons (Fsp3) is 0. The summed E-state index contributed by atoms with van der Waals surface area (Å²) in [6, 6.07) is 64.1. The van der Waals surface area contributed by atoms with Gasteiger partial charge in [0.15, 0.2) is 0 Å². The van der Waals surface area contributed by atoms with Crippen LogP contribution in [0.1, 0.15) is 0 Å². The molecule has 3 aromatic heterocycles. The van der Waals surface area contributed by atoms with Crippen molar-refractivity contribution in [2.75, 3.05) is 0 Å². The van der Waals surface area contributed by atoms with Gasteiger partial charge in [-0.25, -0.2) is 9.97 Å². The highest BCUT2D eigenvalue weighted by Gasteiger charge is 2.24. The molecule has 0 saturated carbocycles. The summed E-state index contributed by atoms with van der Waals surface area (Å²) in [5, 5.41) is 4.71. The van der Waals surface area contributed by atoms with Gasteiger partial charge in [0.1, 0.15) is 0 Å². The summed E-state index contributed by atoms with van der Waals surface area (Å²) in [4.78, 5) is 10.7. The number of benzene rings is 7. The van der Waals surface area contributed by atoms with Gasteiger partial charge in [-0.15, -0.1) is 0 Å². The molecule has 50 heavy (non-hydrogen) atoms. The smallest absolute Gasteiger partial charge is 0.235 e. The molecule has 0 spiro atoms. The Labute approximate surface area is 289 Å². The molecule has 10 aromatic rings. The summed E-state index contributed by atoms with van der Waals surface area (Å²) >= 11 is 0. The number of hydrogen-bond acceptors (Lipinski definition) is 2. The Morgan fingerprint density at radius 1 is 0.360 bits per heavy atom. The summed E-state index contributed by atoms with van der Waals surface area (Å²) in [6.45, 7) is 0. The monoisotopic (exact) mass is 638 g/mol. The Bertz CT molecular complexity index is 2780. The second-order valence-electron chi connectivity index (χ2n) is 12.6. The average Bonchev–Trinajstić information content (AvgIpc) is 3.72. The molecule has 0 unspecified atom stereocenters. The third-order valence-corrected chi connectivity index (χ3v) is 9.74. The van der Waals surface area contributed by atoms with E-state index in [2.05, 4.69) is 179 Å². The summed E-state index contributed by atoms with van der Waals surface area (Å²) in [5.41, 5.74) is 11.8. The van der Waals surface area contributed by atoms with Gasteiger partial charge in [0.05, 0.1) is 33.5 Å². The lowest BCUT2D eigenvalue weighted by Gasteiger charge is -2.12. The topological polar surface area (TPSA) is 35.6 Å². The Balaban J connectivity index is 1.41. The first-order chi connectivity index (χ1) is 24.8. The molecule has 234 valence electrons. The Kier molecular flexibility index (Phi) is 6.46. The summed E-state index contributed by atoms with van der Waals surface area (Å²) in [7, 11) is 0. The van der Waals surface area contributed by atoms with Crippen molar-refractivity contribution in [1.29, 1.82) is 0 Å². The van der Waals surface area contributed by atoms with E-state index in [4.69, 9.17) is 9.97 Å². The van der Waals surface area contributed by atoms with Crippen LogP contribution in [0, 0.1) is 0 Å². The molecule has 10 rings (SSSR count).